The summed E-state index contributed by atoms with van der Waals surface area (Å²) in [5.41, 5.74) is 0.334. The smallest absolute Gasteiger partial charge is 0.338 e. The molecule has 3 aliphatic rings. The number of hydrogen-bond donors (Lipinski definition) is 0. The molecular weight excluding hydrogens is 444 g/mol. The average molecular weight is 466 g/mol. The lowest BCUT2D eigenvalue weighted by Crippen LogP contribution is -2.67. The van der Waals surface area contributed by atoms with Crippen LogP contribution in [0.2, 0.25) is 0 Å². The molecule has 0 spiro atoms. The monoisotopic (exact) mass is 466 g/mol. The van der Waals surface area contributed by atoms with Gasteiger partial charge >= 0.3 is 5.97 Å². The van der Waals surface area contributed by atoms with Crippen LogP contribution in [0.25, 0.3) is 0 Å². The molecule has 4 rings (SSSR count). The van der Waals surface area contributed by atoms with E-state index < -0.39 is 60.5 Å². The van der Waals surface area contributed by atoms with E-state index in [4.69, 9.17) is 9.47 Å². The predicted octanol–water partition coefficient (Wildman–Crippen LogP) is 0.570. The predicted molar refractivity (Wildman–Crippen MR) is 115 cm³/mol. The summed E-state index contributed by atoms with van der Waals surface area (Å²) in [6, 6.07) is 5.76. The Bertz CT molecular complexity index is 1200. The Balaban J connectivity index is 1.76. The lowest BCUT2D eigenvalue weighted by atomic mass is 9.77. The minimum Gasteiger partial charge on any atom is -0.492 e. The highest BCUT2D eigenvalue weighted by Crippen LogP contribution is 2.39. The van der Waals surface area contributed by atoms with Gasteiger partial charge in [0.1, 0.15) is 19.2 Å². The molecule has 34 heavy (non-hydrogen) atoms. The molecule has 0 saturated carbocycles. The summed E-state index contributed by atoms with van der Waals surface area (Å²) >= 11 is 0. The molecule has 176 valence electrons. The lowest BCUT2D eigenvalue weighted by molar-refractivity contribution is -0.164. The van der Waals surface area contributed by atoms with Crippen LogP contribution < -0.4 is 0 Å². The Morgan fingerprint density at radius 1 is 1.06 bits per heavy atom. The van der Waals surface area contributed by atoms with Crippen molar-refractivity contribution in [2.24, 2.45) is 0 Å². The molecule has 1 fully saturated rings. The van der Waals surface area contributed by atoms with Crippen LogP contribution in [-0.2, 0) is 33.4 Å². The van der Waals surface area contributed by atoms with Gasteiger partial charge in [-0.1, -0.05) is 18.2 Å². The van der Waals surface area contributed by atoms with Crippen LogP contribution in [0, 0.1) is 0 Å². The molecule has 0 aromatic heterocycles. The van der Waals surface area contributed by atoms with E-state index in [1.54, 1.807) is 30.3 Å². The summed E-state index contributed by atoms with van der Waals surface area (Å²) in [6.07, 6.45) is -0.252. The van der Waals surface area contributed by atoms with Crippen molar-refractivity contribution in [2.45, 2.75) is 32.4 Å². The van der Waals surface area contributed by atoms with Gasteiger partial charge in [0.15, 0.2) is 11.5 Å². The van der Waals surface area contributed by atoms with Crippen molar-refractivity contribution in [2.75, 3.05) is 20.3 Å². The van der Waals surface area contributed by atoms with E-state index in [0.717, 1.165) is 16.7 Å². The second-order valence-electron chi connectivity index (χ2n) is 8.15. The third kappa shape index (κ3) is 3.60. The number of benzene rings is 1. The van der Waals surface area contributed by atoms with Crippen molar-refractivity contribution in [3.05, 3.63) is 58.4 Å². The summed E-state index contributed by atoms with van der Waals surface area (Å²) in [7, 11) is 1.26. The van der Waals surface area contributed by atoms with Crippen LogP contribution in [0.15, 0.2) is 52.8 Å². The van der Waals surface area contributed by atoms with Gasteiger partial charge in [0.05, 0.1) is 18.7 Å². The molecule has 2 atom stereocenters. The first-order valence-electron chi connectivity index (χ1n) is 10.6. The van der Waals surface area contributed by atoms with Crippen molar-refractivity contribution in [3.63, 3.8) is 0 Å². The number of methoxy groups -OCH3 is 1. The van der Waals surface area contributed by atoms with Gasteiger partial charge in [-0.15, -0.1) is 0 Å². The highest BCUT2D eigenvalue weighted by molar-refractivity contribution is 6.25. The third-order valence-electron chi connectivity index (χ3n) is 6.23. The number of carbonyl (C=O) groups is 6. The second-order valence-corrected chi connectivity index (χ2v) is 8.15. The second kappa shape index (κ2) is 8.69. The maximum Gasteiger partial charge on any atom is 0.338 e. The van der Waals surface area contributed by atoms with Crippen LogP contribution in [0.4, 0.5) is 0 Å². The van der Waals surface area contributed by atoms with Gasteiger partial charge in [-0.05, 0) is 19.1 Å². The molecule has 1 saturated heterocycles. The zero-order chi connectivity index (χ0) is 24.7. The maximum atomic E-state index is 13.3. The number of fused-ring (bicyclic) bond motifs is 1. The average Bonchev–Trinajstić information content (AvgIpc) is 2.83. The van der Waals surface area contributed by atoms with Crippen molar-refractivity contribution >= 4 is 35.3 Å². The number of nitrogens with zero attached hydrogens (tertiary/aromatic N) is 2. The van der Waals surface area contributed by atoms with E-state index in [1.807, 2.05) is 0 Å². The zero-order valence-electron chi connectivity index (χ0n) is 18.8. The van der Waals surface area contributed by atoms with Crippen LogP contribution >= 0.6 is 0 Å². The Morgan fingerprint density at radius 2 is 1.74 bits per heavy atom. The Hall–Kier alpha value is -4.08. The molecule has 10 heteroatoms. The number of allylic oxidation sites excluding steroid dienone is 2. The normalized spacial score (nSPS) is 22.6. The Labute approximate surface area is 194 Å². The molecule has 0 bridgehead atoms. The van der Waals surface area contributed by atoms with E-state index in [-0.39, 0.29) is 34.5 Å². The fraction of sp³-hybridized carbons (Fsp3) is 0.333. The van der Waals surface area contributed by atoms with Gasteiger partial charge in [0, 0.05) is 30.1 Å². The molecule has 10 nitrogen and oxygen atoms in total. The van der Waals surface area contributed by atoms with Crippen LogP contribution in [0.3, 0.4) is 0 Å². The molecular formula is C24H22N2O8. The number of esters is 1. The molecule has 0 N–H and O–H groups in total. The summed E-state index contributed by atoms with van der Waals surface area (Å²) in [4.78, 5) is 79.0. The highest BCUT2D eigenvalue weighted by Gasteiger charge is 2.53. The molecule has 3 amide bonds. The first-order valence-corrected chi connectivity index (χ1v) is 10.6. The van der Waals surface area contributed by atoms with E-state index >= 15 is 0 Å². The molecule has 1 aromatic carbocycles. The topological polar surface area (TPSA) is 127 Å². The minimum absolute atomic E-state index is 0.00200. The van der Waals surface area contributed by atoms with E-state index in [0.29, 0.717) is 0 Å². The lowest BCUT2D eigenvalue weighted by Gasteiger charge is -2.47. The molecule has 1 aromatic rings. The van der Waals surface area contributed by atoms with Crippen LogP contribution in [0.1, 0.15) is 30.6 Å². The van der Waals surface area contributed by atoms with Crippen LogP contribution in [0.5, 0.6) is 0 Å². The quantitative estimate of drug-likeness (QED) is 0.466. The summed E-state index contributed by atoms with van der Waals surface area (Å²) in [5.74, 6) is -3.80. The standard InChI is InChI=1S/C24H22N2O8/c1-12-20(29)19-15(21(30)22(12)33-3)9-16-23(31)25(13(2)27)10-18(28)26(16)17(19)11-34-24(32)14-7-5-4-6-8-14/h4-8,16-17H,9-11H2,1-3H3/t16-,17-/m1/s1. The highest BCUT2D eigenvalue weighted by atomic mass is 16.5. The first-order chi connectivity index (χ1) is 16.2. The molecule has 2 aliphatic heterocycles. The van der Waals surface area contributed by atoms with Gasteiger partial charge in [-0.25, -0.2) is 4.79 Å². The number of ketones is 2. The van der Waals surface area contributed by atoms with Gasteiger partial charge in [-0.2, -0.15) is 0 Å². The van der Waals surface area contributed by atoms with Crippen LogP contribution in [-0.4, -0.2) is 77.4 Å². The van der Waals surface area contributed by atoms with Gasteiger partial charge in [-0.3, -0.25) is 28.9 Å². The molecule has 0 unspecified atom stereocenters. The van der Waals surface area contributed by atoms with Crippen molar-refractivity contribution in [3.8, 4) is 0 Å². The maximum absolute atomic E-state index is 13.3. The zero-order valence-corrected chi connectivity index (χ0v) is 18.8. The fourth-order valence-electron chi connectivity index (χ4n) is 4.59. The first kappa shape index (κ1) is 23.1. The van der Waals surface area contributed by atoms with E-state index in [1.165, 1.54) is 14.0 Å². The third-order valence-corrected chi connectivity index (χ3v) is 6.23. The number of piperazine rings is 1. The number of rotatable bonds is 4. The van der Waals surface area contributed by atoms with Crippen molar-refractivity contribution < 1.29 is 38.2 Å². The molecule has 2 heterocycles. The molecule has 1 aliphatic carbocycles. The summed E-state index contributed by atoms with van der Waals surface area (Å²) in [6.45, 7) is 1.65. The number of ether oxygens (including phenoxy) is 2. The number of imide groups is 1. The largest absolute Gasteiger partial charge is 0.492 e. The minimum atomic E-state index is -1.20. The molecule has 0 radical (unpaired) electrons. The van der Waals surface area contributed by atoms with E-state index in [9.17, 15) is 28.8 Å². The Morgan fingerprint density at radius 3 is 2.35 bits per heavy atom. The Kier molecular flexibility index (Phi) is 5.90. The SMILES string of the molecule is COC1=C(C)C(=O)C2=C(C[C@@H]3C(=O)N(C(C)=O)CC(=O)N3[C@@H]2COC(=O)c2ccccc2)C1=O. The van der Waals surface area contributed by atoms with Gasteiger partial charge < -0.3 is 14.4 Å². The van der Waals surface area contributed by atoms with Crippen molar-refractivity contribution in [1.29, 1.82) is 0 Å². The van der Waals surface area contributed by atoms with Crippen molar-refractivity contribution in [1.82, 2.24) is 9.80 Å². The number of Topliss-reactive ketones (excluding diaryl/α,β-unsaturated/α-hetero) is 2. The summed E-state index contributed by atoms with van der Waals surface area (Å²) in [5, 5.41) is 0. The summed E-state index contributed by atoms with van der Waals surface area (Å²) < 4.78 is 10.6. The van der Waals surface area contributed by atoms with Gasteiger partial charge in [0.2, 0.25) is 17.6 Å². The number of carbonyl (C=O) groups excluding carboxylic acids is 6. The van der Waals surface area contributed by atoms with Gasteiger partial charge in [0.25, 0.3) is 5.91 Å². The number of amides is 3. The van der Waals surface area contributed by atoms with E-state index in [2.05, 4.69) is 0 Å². The number of hydrogen-bond acceptors (Lipinski definition) is 8. The fourth-order valence-corrected chi connectivity index (χ4v) is 4.59.